The van der Waals surface area contributed by atoms with Crippen molar-refractivity contribution in [1.29, 1.82) is 0 Å². The summed E-state index contributed by atoms with van der Waals surface area (Å²) >= 11 is 5.06. The van der Waals surface area contributed by atoms with Gasteiger partial charge in [-0.1, -0.05) is 36.5 Å². The van der Waals surface area contributed by atoms with Crippen molar-refractivity contribution in [2.45, 2.75) is 53.1 Å². The molecular formula is C29H38N4O5S. The topological polar surface area (TPSA) is 129 Å². The Morgan fingerprint density at radius 3 is 2.36 bits per heavy atom. The number of nitrogen functional groups attached to an aromatic ring is 1. The normalized spacial score (nSPS) is 10.6. The number of alkyl carbamates (subject to hydrolysis) is 1. The van der Waals surface area contributed by atoms with Gasteiger partial charge in [0.15, 0.2) is 5.95 Å². The number of H-pyrrole nitrogens is 1. The first-order chi connectivity index (χ1) is 18.4. The standard InChI is InChI=1S/C15H23NO3.C14H15N3O2S/c1-15(2,3)19-14(17)16-11-7-8-12-18-13-9-5-4-6-10-13;1-7-4-8(2)10(13(18)19-3)5-9(7)11-6-12(20)17-14(15)16-11/h4-6,9-10H,7-8,11-12H2,1-3H3,(H,16,17);4-6H,1-3H3,(H3,15,16,17,20). The number of benzene rings is 2. The van der Waals surface area contributed by atoms with Crippen LogP contribution in [0, 0.1) is 18.5 Å². The first-order valence-corrected chi connectivity index (χ1v) is 13.0. The zero-order valence-electron chi connectivity index (χ0n) is 23.4. The van der Waals surface area contributed by atoms with Gasteiger partial charge in [0.25, 0.3) is 0 Å². The van der Waals surface area contributed by atoms with E-state index in [9.17, 15) is 9.59 Å². The molecule has 4 N–H and O–H groups in total. The smallest absolute Gasteiger partial charge is 0.407 e. The lowest BCUT2D eigenvalue weighted by atomic mass is 9.98. The minimum atomic E-state index is -0.444. The molecule has 10 heteroatoms. The van der Waals surface area contributed by atoms with E-state index in [0.29, 0.717) is 23.4 Å². The van der Waals surface area contributed by atoms with Crippen LogP contribution in [0.2, 0.25) is 0 Å². The van der Waals surface area contributed by atoms with E-state index in [-0.39, 0.29) is 18.0 Å². The van der Waals surface area contributed by atoms with Crippen LogP contribution in [0.5, 0.6) is 5.75 Å². The van der Waals surface area contributed by atoms with E-state index >= 15 is 0 Å². The van der Waals surface area contributed by atoms with Crippen molar-refractivity contribution in [3.63, 3.8) is 0 Å². The largest absolute Gasteiger partial charge is 0.494 e. The molecule has 1 heterocycles. The number of ether oxygens (including phenoxy) is 3. The molecule has 0 aliphatic heterocycles. The molecule has 3 rings (SSSR count). The highest BCUT2D eigenvalue weighted by Gasteiger charge is 2.15. The first-order valence-electron chi connectivity index (χ1n) is 12.6. The molecule has 2 aromatic carbocycles. The summed E-state index contributed by atoms with van der Waals surface area (Å²) in [7, 11) is 1.36. The van der Waals surface area contributed by atoms with Gasteiger partial charge in [-0.25, -0.2) is 14.6 Å². The molecule has 0 bridgehead atoms. The number of nitrogens with zero attached hydrogens (tertiary/aromatic N) is 1. The minimum absolute atomic E-state index is 0.243. The molecule has 0 spiro atoms. The van der Waals surface area contributed by atoms with Crippen molar-refractivity contribution in [3.8, 4) is 17.0 Å². The predicted octanol–water partition coefficient (Wildman–Crippen LogP) is 6.16. The molecule has 0 saturated carbocycles. The molecule has 9 nitrogen and oxygen atoms in total. The lowest BCUT2D eigenvalue weighted by Crippen LogP contribution is -2.33. The lowest BCUT2D eigenvalue weighted by molar-refractivity contribution is 0.0525. The maximum atomic E-state index is 11.8. The highest BCUT2D eigenvalue weighted by atomic mass is 32.1. The average Bonchev–Trinajstić information content (AvgIpc) is 2.85. The number of nitrogens with two attached hydrogens (primary N) is 1. The Bertz CT molecular complexity index is 1300. The van der Waals surface area contributed by atoms with E-state index in [0.717, 1.165) is 41.0 Å². The molecule has 0 saturated heterocycles. The lowest BCUT2D eigenvalue weighted by Gasteiger charge is -2.19. The maximum Gasteiger partial charge on any atom is 0.407 e. The number of aryl methyl sites for hydroxylation is 2. The summed E-state index contributed by atoms with van der Waals surface area (Å²) < 4.78 is 15.9. The van der Waals surface area contributed by atoms with Crippen LogP contribution in [-0.4, -0.2) is 47.9 Å². The second-order valence-electron chi connectivity index (χ2n) is 9.79. The summed E-state index contributed by atoms with van der Waals surface area (Å²) in [5.41, 5.74) is 9.18. The SMILES string of the molecule is CC(C)(C)OC(=O)NCCCCOc1ccccc1.COC(=O)c1cc(-c2cc(=S)nc(N)[nH]2)c(C)cc1C. The number of para-hydroxylation sites is 1. The maximum absolute atomic E-state index is 11.8. The van der Waals surface area contributed by atoms with Crippen LogP contribution in [0.1, 0.15) is 55.1 Å². The third-order valence-electron chi connectivity index (χ3n) is 5.28. The number of nitrogens with one attached hydrogen (secondary N) is 2. The first kappa shape index (κ1) is 31.3. The Labute approximate surface area is 235 Å². The third kappa shape index (κ3) is 11.2. The molecule has 39 heavy (non-hydrogen) atoms. The van der Waals surface area contributed by atoms with Gasteiger partial charge in [0, 0.05) is 12.1 Å². The number of hydrogen-bond donors (Lipinski definition) is 3. The number of esters is 1. The molecule has 1 amide bonds. The second kappa shape index (κ2) is 14.9. The van der Waals surface area contributed by atoms with Gasteiger partial charge in [-0.2, -0.15) is 0 Å². The fraction of sp³-hybridized carbons (Fsp3) is 0.379. The summed E-state index contributed by atoms with van der Waals surface area (Å²) in [5.74, 6) is 0.749. The Kier molecular flexibility index (Phi) is 11.9. The molecule has 210 valence electrons. The molecule has 0 aliphatic carbocycles. The number of rotatable bonds is 8. The van der Waals surface area contributed by atoms with Crippen LogP contribution >= 0.6 is 12.2 Å². The Morgan fingerprint density at radius 2 is 1.74 bits per heavy atom. The summed E-state index contributed by atoms with van der Waals surface area (Å²) in [6, 6.07) is 15.1. The van der Waals surface area contributed by atoms with Crippen molar-refractivity contribution in [3.05, 3.63) is 69.9 Å². The van der Waals surface area contributed by atoms with Gasteiger partial charge >= 0.3 is 12.1 Å². The molecule has 0 unspecified atom stereocenters. The number of aromatic amines is 1. The monoisotopic (exact) mass is 554 g/mol. The number of anilines is 1. The Morgan fingerprint density at radius 1 is 1.05 bits per heavy atom. The van der Waals surface area contributed by atoms with E-state index < -0.39 is 5.60 Å². The van der Waals surface area contributed by atoms with Crippen LogP contribution in [0.4, 0.5) is 10.7 Å². The van der Waals surface area contributed by atoms with Crippen LogP contribution in [0.3, 0.4) is 0 Å². The summed E-state index contributed by atoms with van der Waals surface area (Å²) in [6.07, 6.45) is 1.40. The minimum Gasteiger partial charge on any atom is -0.494 e. The number of carbonyl (C=O) groups is 2. The zero-order chi connectivity index (χ0) is 29.0. The van der Waals surface area contributed by atoms with Gasteiger partial charge in [0.05, 0.1) is 25.0 Å². The van der Waals surface area contributed by atoms with Crippen LogP contribution < -0.4 is 15.8 Å². The molecule has 0 aliphatic rings. The van der Waals surface area contributed by atoms with Crippen molar-refractivity contribution < 1.29 is 23.8 Å². The number of amides is 1. The van der Waals surface area contributed by atoms with E-state index in [1.165, 1.54) is 7.11 Å². The molecule has 0 fully saturated rings. The predicted molar refractivity (Wildman–Crippen MR) is 155 cm³/mol. The van der Waals surface area contributed by atoms with Crippen molar-refractivity contribution in [2.75, 3.05) is 26.0 Å². The third-order valence-corrected chi connectivity index (χ3v) is 5.49. The molecular weight excluding hydrogens is 516 g/mol. The van der Waals surface area contributed by atoms with Crippen molar-refractivity contribution in [1.82, 2.24) is 15.3 Å². The molecule has 0 atom stereocenters. The van der Waals surface area contributed by atoms with Gasteiger partial charge in [-0.15, -0.1) is 0 Å². The van der Waals surface area contributed by atoms with Gasteiger partial charge in [-0.3, -0.25) is 0 Å². The van der Waals surface area contributed by atoms with Crippen LogP contribution in [-0.2, 0) is 9.47 Å². The second-order valence-corrected chi connectivity index (χ2v) is 10.2. The van der Waals surface area contributed by atoms with Gasteiger partial charge in [0.1, 0.15) is 16.0 Å². The zero-order valence-corrected chi connectivity index (χ0v) is 24.2. The van der Waals surface area contributed by atoms with E-state index in [2.05, 4.69) is 15.3 Å². The van der Waals surface area contributed by atoms with Gasteiger partial charge < -0.3 is 30.2 Å². The number of methoxy groups -OCH3 is 1. The fourth-order valence-corrected chi connectivity index (χ4v) is 3.75. The van der Waals surface area contributed by atoms with Gasteiger partial charge in [0.2, 0.25) is 0 Å². The van der Waals surface area contributed by atoms with E-state index in [4.69, 9.17) is 32.2 Å². The number of carbonyl (C=O) groups excluding carboxylic acids is 2. The number of hydrogen-bond acceptors (Lipinski definition) is 8. The number of unbranched alkanes of at least 4 members (excludes halogenated alkanes) is 1. The molecule has 0 radical (unpaired) electrons. The van der Waals surface area contributed by atoms with Crippen molar-refractivity contribution >= 4 is 30.2 Å². The van der Waals surface area contributed by atoms with Gasteiger partial charge in [-0.05, 0) is 82.9 Å². The van der Waals surface area contributed by atoms with E-state index in [1.807, 2.05) is 71.0 Å². The highest BCUT2D eigenvalue weighted by molar-refractivity contribution is 7.71. The van der Waals surface area contributed by atoms with E-state index in [1.54, 1.807) is 12.1 Å². The van der Waals surface area contributed by atoms with Crippen LogP contribution in [0.15, 0.2) is 48.5 Å². The Balaban J connectivity index is 0.000000274. The highest BCUT2D eigenvalue weighted by Crippen LogP contribution is 2.26. The Hall–Kier alpha value is -3.92. The average molecular weight is 555 g/mol. The van der Waals surface area contributed by atoms with Crippen LogP contribution in [0.25, 0.3) is 11.3 Å². The summed E-state index contributed by atoms with van der Waals surface area (Å²) in [4.78, 5) is 30.0. The quantitative estimate of drug-likeness (QED) is 0.171. The number of aromatic nitrogens is 2. The summed E-state index contributed by atoms with van der Waals surface area (Å²) in [5, 5.41) is 2.72. The fourth-order valence-electron chi connectivity index (χ4n) is 3.53. The molecule has 1 aromatic heterocycles. The molecule has 3 aromatic rings. The van der Waals surface area contributed by atoms with Crippen molar-refractivity contribution in [2.24, 2.45) is 0 Å². The summed E-state index contributed by atoms with van der Waals surface area (Å²) in [6.45, 7) is 10.6.